The van der Waals surface area contributed by atoms with E-state index in [0.717, 1.165) is 37.8 Å². The van der Waals surface area contributed by atoms with E-state index in [2.05, 4.69) is 58.7 Å². The highest BCUT2D eigenvalue weighted by Crippen LogP contribution is 2.38. The molecular formula is C23H30N2O. The standard InChI is InChI=1S/C23H30N2O/c1-26-20-12-10-18(11-13-20)16-25-15-14-24-23(17-25)22-9-5-4-8-21(22)19-6-2-3-7-19/h4-5,8-13,19,23-24H,2-3,6-7,14-17H2,1H3. The molecule has 26 heavy (non-hydrogen) atoms. The molecule has 1 aliphatic carbocycles. The van der Waals surface area contributed by atoms with Crippen LogP contribution in [0.5, 0.6) is 5.75 Å². The van der Waals surface area contributed by atoms with E-state index in [1.54, 1.807) is 12.7 Å². The Morgan fingerprint density at radius 3 is 2.46 bits per heavy atom. The van der Waals surface area contributed by atoms with Gasteiger partial charge in [0.25, 0.3) is 0 Å². The zero-order chi connectivity index (χ0) is 17.8. The van der Waals surface area contributed by atoms with Gasteiger partial charge in [0.15, 0.2) is 0 Å². The van der Waals surface area contributed by atoms with Gasteiger partial charge in [-0.15, -0.1) is 0 Å². The van der Waals surface area contributed by atoms with Crippen LogP contribution in [0.3, 0.4) is 0 Å². The van der Waals surface area contributed by atoms with Gasteiger partial charge in [0.2, 0.25) is 0 Å². The molecule has 0 spiro atoms. The molecule has 3 heteroatoms. The maximum Gasteiger partial charge on any atom is 0.118 e. The predicted octanol–water partition coefficient (Wildman–Crippen LogP) is 4.50. The number of benzene rings is 2. The zero-order valence-electron chi connectivity index (χ0n) is 15.8. The lowest BCUT2D eigenvalue weighted by molar-refractivity contribution is 0.192. The summed E-state index contributed by atoms with van der Waals surface area (Å²) in [4.78, 5) is 2.58. The molecule has 2 aliphatic rings. The summed E-state index contributed by atoms with van der Waals surface area (Å²) in [6.07, 6.45) is 5.50. The predicted molar refractivity (Wildman–Crippen MR) is 107 cm³/mol. The second kappa shape index (κ2) is 8.24. The number of hydrogen-bond donors (Lipinski definition) is 1. The van der Waals surface area contributed by atoms with Crippen LogP contribution in [0.25, 0.3) is 0 Å². The van der Waals surface area contributed by atoms with E-state index in [-0.39, 0.29) is 0 Å². The fraction of sp³-hybridized carbons (Fsp3) is 0.478. The van der Waals surface area contributed by atoms with Crippen LogP contribution >= 0.6 is 0 Å². The molecule has 1 N–H and O–H groups in total. The molecule has 138 valence electrons. The van der Waals surface area contributed by atoms with Crippen LogP contribution in [0.4, 0.5) is 0 Å². The van der Waals surface area contributed by atoms with E-state index in [9.17, 15) is 0 Å². The minimum atomic E-state index is 0.443. The van der Waals surface area contributed by atoms with E-state index < -0.39 is 0 Å². The molecule has 2 fully saturated rings. The highest BCUT2D eigenvalue weighted by atomic mass is 16.5. The monoisotopic (exact) mass is 350 g/mol. The summed E-state index contributed by atoms with van der Waals surface area (Å²) >= 11 is 0. The Labute approximate surface area is 157 Å². The topological polar surface area (TPSA) is 24.5 Å². The molecule has 0 aromatic heterocycles. The Morgan fingerprint density at radius 1 is 1.00 bits per heavy atom. The summed E-state index contributed by atoms with van der Waals surface area (Å²) in [7, 11) is 1.72. The first-order valence-electron chi connectivity index (χ1n) is 10.0. The number of ether oxygens (including phenoxy) is 1. The molecule has 1 atom stereocenters. The Kier molecular flexibility index (Phi) is 5.57. The Bertz CT molecular complexity index is 706. The van der Waals surface area contributed by atoms with Crippen molar-refractivity contribution in [3.63, 3.8) is 0 Å². The van der Waals surface area contributed by atoms with E-state index in [1.807, 2.05) is 0 Å². The molecule has 2 aromatic rings. The molecule has 4 rings (SSSR count). The smallest absolute Gasteiger partial charge is 0.118 e. The maximum atomic E-state index is 5.27. The van der Waals surface area contributed by atoms with Gasteiger partial charge in [0.05, 0.1) is 7.11 Å². The molecule has 1 heterocycles. The second-order valence-corrected chi connectivity index (χ2v) is 7.70. The van der Waals surface area contributed by atoms with Crippen molar-refractivity contribution >= 4 is 0 Å². The minimum Gasteiger partial charge on any atom is -0.497 e. The molecule has 1 unspecified atom stereocenters. The molecule has 0 radical (unpaired) electrons. The largest absolute Gasteiger partial charge is 0.497 e. The highest BCUT2D eigenvalue weighted by Gasteiger charge is 2.26. The van der Waals surface area contributed by atoms with E-state index in [4.69, 9.17) is 4.74 Å². The van der Waals surface area contributed by atoms with Crippen molar-refractivity contribution < 1.29 is 4.74 Å². The highest BCUT2D eigenvalue weighted by molar-refractivity contribution is 5.34. The average Bonchev–Trinajstić information content (AvgIpc) is 3.23. The quantitative estimate of drug-likeness (QED) is 0.859. The van der Waals surface area contributed by atoms with Crippen LogP contribution in [0, 0.1) is 0 Å². The first-order valence-corrected chi connectivity index (χ1v) is 10.0. The van der Waals surface area contributed by atoms with Gasteiger partial charge in [0, 0.05) is 32.2 Å². The van der Waals surface area contributed by atoms with Crippen LogP contribution in [-0.2, 0) is 6.54 Å². The van der Waals surface area contributed by atoms with E-state index in [1.165, 1.54) is 36.8 Å². The molecule has 3 nitrogen and oxygen atoms in total. The lowest BCUT2D eigenvalue weighted by Gasteiger charge is -2.35. The fourth-order valence-electron chi connectivity index (χ4n) is 4.59. The number of methoxy groups -OCH3 is 1. The minimum absolute atomic E-state index is 0.443. The number of nitrogens with zero attached hydrogens (tertiary/aromatic N) is 1. The van der Waals surface area contributed by atoms with Crippen LogP contribution in [0.15, 0.2) is 48.5 Å². The van der Waals surface area contributed by atoms with Gasteiger partial charge in [-0.25, -0.2) is 0 Å². The number of nitrogens with one attached hydrogen (secondary N) is 1. The summed E-state index contributed by atoms with van der Waals surface area (Å²) in [5.41, 5.74) is 4.48. The van der Waals surface area contributed by atoms with Gasteiger partial charge in [0.1, 0.15) is 5.75 Å². The Balaban J connectivity index is 1.46. The lowest BCUT2D eigenvalue weighted by Crippen LogP contribution is -2.45. The van der Waals surface area contributed by atoms with Crippen molar-refractivity contribution in [1.29, 1.82) is 0 Å². The number of rotatable bonds is 5. The van der Waals surface area contributed by atoms with Crippen LogP contribution < -0.4 is 10.1 Å². The normalized spacial score (nSPS) is 21.8. The third-order valence-electron chi connectivity index (χ3n) is 5.99. The van der Waals surface area contributed by atoms with Crippen LogP contribution in [0.1, 0.15) is 54.3 Å². The third-order valence-corrected chi connectivity index (χ3v) is 5.99. The summed E-state index contributed by atoms with van der Waals surface area (Å²) in [6, 6.07) is 18.1. The van der Waals surface area contributed by atoms with Gasteiger partial charge in [-0.2, -0.15) is 0 Å². The van der Waals surface area contributed by atoms with Crippen molar-refractivity contribution in [2.45, 2.75) is 44.2 Å². The summed E-state index contributed by atoms with van der Waals surface area (Å²) in [5, 5.41) is 3.77. The number of hydrogen-bond acceptors (Lipinski definition) is 3. The van der Waals surface area contributed by atoms with Gasteiger partial charge < -0.3 is 10.1 Å². The van der Waals surface area contributed by atoms with E-state index >= 15 is 0 Å². The van der Waals surface area contributed by atoms with Gasteiger partial charge in [-0.05, 0) is 47.6 Å². The first kappa shape index (κ1) is 17.6. The molecule has 1 saturated carbocycles. The Hall–Kier alpha value is -1.84. The van der Waals surface area contributed by atoms with Crippen molar-refractivity contribution in [1.82, 2.24) is 10.2 Å². The average molecular weight is 351 g/mol. The Morgan fingerprint density at radius 2 is 1.73 bits per heavy atom. The molecule has 1 aliphatic heterocycles. The SMILES string of the molecule is COc1ccc(CN2CCNC(c3ccccc3C3CCCC3)C2)cc1. The second-order valence-electron chi connectivity index (χ2n) is 7.70. The number of piperazine rings is 1. The molecule has 0 bridgehead atoms. The van der Waals surface area contributed by atoms with Crippen molar-refractivity contribution in [3.8, 4) is 5.75 Å². The van der Waals surface area contributed by atoms with Crippen molar-refractivity contribution in [2.75, 3.05) is 26.7 Å². The summed E-state index contributed by atoms with van der Waals surface area (Å²) < 4.78 is 5.27. The van der Waals surface area contributed by atoms with Gasteiger partial charge in [-0.3, -0.25) is 4.90 Å². The van der Waals surface area contributed by atoms with Gasteiger partial charge in [-0.1, -0.05) is 49.2 Å². The van der Waals surface area contributed by atoms with Crippen LogP contribution in [0.2, 0.25) is 0 Å². The van der Waals surface area contributed by atoms with Crippen LogP contribution in [-0.4, -0.2) is 31.6 Å². The maximum absolute atomic E-state index is 5.27. The summed E-state index contributed by atoms with van der Waals surface area (Å²) in [5.74, 6) is 1.70. The molecule has 2 aromatic carbocycles. The third kappa shape index (κ3) is 3.94. The fourth-order valence-corrected chi connectivity index (χ4v) is 4.59. The molecule has 0 amide bonds. The molecular weight excluding hydrogens is 320 g/mol. The van der Waals surface area contributed by atoms with Crippen molar-refractivity contribution in [2.24, 2.45) is 0 Å². The van der Waals surface area contributed by atoms with Crippen molar-refractivity contribution in [3.05, 3.63) is 65.2 Å². The van der Waals surface area contributed by atoms with E-state index in [0.29, 0.717) is 6.04 Å². The molecule has 1 saturated heterocycles. The van der Waals surface area contributed by atoms with Gasteiger partial charge >= 0.3 is 0 Å². The zero-order valence-corrected chi connectivity index (χ0v) is 15.8. The first-order chi connectivity index (χ1) is 12.8. The lowest BCUT2D eigenvalue weighted by atomic mass is 9.89. The summed E-state index contributed by atoms with van der Waals surface area (Å²) in [6.45, 7) is 4.25.